The third-order valence-electron chi connectivity index (χ3n) is 3.65. The topological polar surface area (TPSA) is 54.5 Å². The number of hydrogen-bond acceptors (Lipinski definition) is 5. The zero-order valence-electron chi connectivity index (χ0n) is 14.4. The van der Waals surface area contributed by atoms with Crippen molar-refractivity contribution in [2.45, 2.75) is 6.61 Å². The van der Waals surface area contributed by atoms with Gasteiger partial charge in [-0.05, 0) is 30.3 Å². The molecular formula is C19H18ClN3O2S. The van der Waals surface area contributed by atoms with E-state index in [0.29, 0.717) is 28.6 Å². The van der Waals surface area contributed by atoms with E-state index < -0.39 is 0 Å². The Morgan fingerprint density at radius 2 is 2.08 bits per heavy atom. The van der Waals surface area contributed by atoms with Gasteiger partial charge in [0.05, 0.1) is 27.6 Å². The van der Waals surface area contributed by atoms with Crippen molar-refractivity contribution < 1.29 is 9.53 Å². The van der Waals surface area contributed by atoms with Gasteiger partial charge in [-0.15, -0.1) is 11.3 Å². The number of anilines is 2. The highest BCUT2D eigenvalue weighted by Crippen LogP contribution is 2.32. The van der Waals surface area contributed by atoms with Crippen LogP contribution < -0.4 is 15.0 Å². The standard InChI is InChI=1S/C19H18ClN3O2S/c1-23(2)18-16(20)7-4-8-17(18)22-19(24)13-5-3-6-15(9-13)25-10-14-11-26-12-21-14/h3-9,11-12H,10H2,1-2H3,(H,22,24). The van der Waals surface area contributed by atoms with Crippen molar-refractivity contribution in [2.75, 3.05) is 24.3 Å². The number of amides is 1. The number of ether oxygens (including phenoxy) is 1. The van der Waals surface area contributed by atoms with Crippen LogP contribution in [-0.2, 0) is 6.61 Å². The fourth-order valence-electron chi connectivity index (χ4n) is 2.46. The normalized spacial score (nSPS) is 10.4. The van der Waals surface area contributed by atoms with Gasteiger partial charge >= 0.3 is 0 Å². The lowest BCUT2D eigenvalue weighted by molar-refractivity contribution is 0.102. The summed E-state index contributed by atoms with van der Waals surface area (Å²) in [6.07, 6.45) is 0. The van der Waals surface area contributed by atoms with Gasteiger partial charge in [0.2, 0.25) is 0 Å². The van der Waals surface area contributed by atoms with E-state index in [1.165, 1.54) is 11.3 Å². The smallest absolute Gasteiger partial charge is 0.255 e. The summed E-state index contributed by atoms with van der Waals surface area (Å²) in [5.41, 5.74) is 4.54. The maximum Gasteiger partial charge on any atom is 0.255 e. The van der Waals surface area contributed by atoms with Crippen molar-refractivity contribution in [1.82, 2.24) is 4.98 Å². The number of nitrogens with zero attached hydrogens (tertiary/aromatic N) is 2. The highest BCUT2D eigenvalue weighted by molar-refractivity contribution is 7.07. The Hall–Kier alpha value is -2.57. The second-order valence-electron chi connectivity index (χ2n) is 5.78. The molecule has 1 amide bonds. The molecule has 0 saturated carbocycles. The van der Waals surface area contributed by atoms with Crippen molar-refractivity contribution in [3.8, 4) is 5.75 Å². The number of nitrogens with one attached hydrogen (secondary N) is 1. The molecule has 0 radical (unpaired) electrons. The van der Waals surface area contributed by atoms with Gasteiger partial charge in [-0.1, -0.05) is 23.7 Å². The van der Waals surface area contributed by atoms with E-state index >= 15 is 0 Å². The van der Waals surface area contributed by atoms with Gasteiger partial charge in [0, 0.05) is 25.0 Å². The molecule has 0 aliphatic heterocycles. The van der Waals surface area contributed by atoms with Crippen LogP contribution in [-0.4, -0.2) is 25.0 Å². The largest absolute Gasteiger partial charge is 0.487 e. The fourth-order valence-corrected chi connectivity index (χ4v) is 3.35. The molecule has 0 spiro atoms. The first-order valence-corrected chi connectivity index (χ1v) is 9.24. The van der Waals surface area contributed by atoms with E-state index in [1.807, 2.05) is 36.5 Å². The monoisotopic (exact) mass is 387 g/mol. The number of rotatable bonds is 6. The zero-order valence-corrected chi connectivity index (χ0v) is 16.0. The second kappa shape index (κ2) is 8.21. The van der Waals surface area contributed by atoms with Crippen LogP contribution >= 0.6 is 22.9 Å². The molecule has 7 heteroatoms. The predicted molar refractivity (Wildman–Crippen MR) is 107 cm³/mol. The van der Waals surface area contributed by atoms with Crippen molar-refractivity contribution >= 4 is 40.2 Å². The Labute approximate surface area is 161 Å². The molecule has 0 atom stereocenters. The van der Waals surface area contributed by atoms with Crippen LogP contribution in [0.3, 0.4) is 0 Å². The first kappa shape index (κ1) is 18.2. The third-order valence-corrected chi connectivity index (χ3v) is 4.59. The molecule has 0 unspecified atom stereocenters. The van der Waals surface area contributed by atoms with Gasteiger partial charge in [0.15, 0.2) is 0 Å². The Bertz CT molecular complexity index is 898. The molecule has 0 bridgehead atoms. The van der Waals surface area contributed by atoms with Gasteiger partial charge in [-0.3, -0.25) is 4.79 Å². The summed E-state index contributed by atoms with van der Waals surface area (Å²) < 4.78 is 5.71. The summed E-state index contributed by atoms with van der Waals surface area (Å²) in [5.74, 6) is 0.388. The van der Waals surface area contributed by atoms with E-state index in [0.717, 1.165) is 11.4 Å². The van der Waals surface area contributed by atoms with Gasteiger partial charge in [0.1, 0.15) is 12.4 Å². The number of hydrogen-bond donors (Lipinski definition) is 1. The van der Waals surface area contributed by atoms with Gasteiger partial charge in [-0.25, -0.2) is 4.98 Å². The number of carbonyl (C=O) groups excluding carboxylic acids is 1. The van der Waals surface area contributed by atoms with Crippen LogP contribution in [0.25, 0.3) is 0 Å². The lowest BCUT2D eigenvalue weighted by atomic mass is 10.2. The summed E-state index contributed by atoms with van der Waals surface area (Å²) in [6, 6.07) is 12.5. The lowest BCUT2D eigenvalue weighted by Crippen LogP contribution is -2.17. The molecule has 2 aromatic carbocycles. The number of aromatic nitrogens is 1. The maximum atomic E-state index is 12.6. The number of halogens is 1. The summed E-state index contributed by atoms with van der Waals surface area (Å²) in [4.78, 5) is 18.7. The molecular weight excluding hydrogens is 370 g/mol. The molecule has 0 aliphatic rings. The third kappa shape index (κ3) is 4.33. The SMILES string of the molecule is CN(C)c1c(Cl)cccc1NC(=O)c1cccc(OCc2cscn2)c1. The van der Waals surface area contributed by atoms with Crippen LogP contribution in [0, 0.1) is 0 Å². The van der Waals surface area contributed by atoms with Crippen molar-refractivity contribution in [1.29, 1.82) is 0 Å². The number of para-hydroxylation sites is 1. The minimum Gasteiger partial charge on any atom is -0.487 e. The van der Waals surface area contributed by atoms with Crippen molar-refractivity contribution in [3.63, 3.8) is 0 Å². The lowest BCUT2D eigenvalue weighted by Gasteiger charge is -2.19. The van der Waals surface area contributed by atoms with E-state index in [2.05, 4.69) is 10.3 Å². The number of carbonyl (C=O) groups is 1. The van der Waals surface area contributed by atoms with Crippen LogP contribution in [0.2, 0.25) is 5.02 Å². The van der Waals surface area contributed by atoms with Gasteiger partial charge in [0.25, 0.3) is 5.91 Å². The van der Waals surface area contributed by atoms with E-state index in [9.17, 15) is 4.79 Å². The molecule has 134 valence electrons. The molecule has 0 aliphatic carbocycles. The first-order valence-electron chi connectivity index (χ1n) is 7.91. The summed E-state index contributed by atoms with van der Waals surface area (Å²) >= 11 is 7.77. The Morgan fingerprint density at radius 1 is 1.27 bits per heavy atom. The summed E-state index contributed by atoms with van der Waals surface area (Å²) in [5, 5.41) is 5.42. The fraction of sp³-hybridized carbons (Fsp3) is 0.158. The van der Waals surface area contributed by atoms with E-state index in [-0.39, 0.29) is 5.91 Å². The summed E-state index contributed by atoms with van der Waals surface area (Å²) in [7, 11) is 3.76. The highest BCUT2D eigenvalue weighted by Gasteiger charge is 2.13. The van der Waals surface area contributed by atoms with Gasteiger partial charge < -0.3 is 15.0 Å². The molecule has 0 fully saturated rings. The minimum absolute atomic E-state index is 0.227. The highest BCUT2D eigenvalue weighted by atomic mass is 35.5. The molecule has 3 rings (SSSR count). The minimum atomic E-state index is -0.227. The average molecular weight is 388 g/mol. The maximum absolute atomic E-state index is 12.6. The predicted octanol–water partition coefficient (Wildman–Crippen LogP) is 4.69. The Balaban J connectivity index is 1.74. The Kier molecular flexibility index (Phi) is 5.75. The van der Waals surface area contributed by atoms with Gasteiger partial charge in [-0.2, -0.15) is 0 Å². The molecule has 26 heavy (non-hydrogen) atoms. The van der Waals surface area contributed by atoms with Crippen LogP contribution in [0.1, 0.15) is 16.1 Å². The molecule has 1 aromatic heterocycles. The molecule has 1 N–H and O–H groups in total. The zero-order chi connectivity index (χ0) is 18.5. The van der Waals surface area contributed by atoms with Crippen molar-refractivity contribution in [3.05, 3.63) is 69.6 Å². The molecule has 1 heterocycles. The number of benzene rings is 2. The molecule has 3 aromatic rings. The summed E-state index contributed by atoms with van der Waals surface area (Å²) in [6.45, 7) is 0.369. The molecule has 5 nitrogen and oxygen atoms in total. The quantitative estimate of drug-likeness (QED) is 0.666. The van der Waals surface area contributed by atoms with E-state index in [1.54, 1.807) is 35.8 Å². The Morgan fingerprint density at radius 3 is 2.81 bits per heavy atom. The van der Waals surface area contributed by atoms with Crippen LogP contribution in [0.15, 0.2) is 53.4 Å². The van der Waals surface area contributed by atoms with Crippen LogP contribution in [0.4, 0.5) is 11.4 Å². The van der Waals surface area contributed by atoms with Crippen LogP contribution in [0.5, 0.6) is 5.75 Å². The van der Waals surface area contributed by atoms with E-state index in [4.69, 9.17) is 16.3 Å². The van der Waals surface area contributed by atoms with Crippen molar-refractivity contribution in [2.24, 2.45) is 0 Å². The molecule has 0 saturated heterocycles. The second-order valence-corrected chi connectivity index (χ2v) is 6.91. The number of thiazole rings is 1. The average Bonchev–Trinajstić information content (AvgIpc) is 3.13. The first-order chi connectivity index (χ1) is 12.5.